The topological polar surface area (TPSA) is 70.4 Å². The minimum atomic E-state index is 0. The van der Waals surface area contributed by atoms with Crippen LogP contribution in [-0.2, 0) is 13.1 Å². The molecule has 2 heterocycles. The van der Waals surface area contributed by atoms with Crippen molar-refractivity contribution in [1.82, 2.24) is 25.2 Å². The molecule has 0 fully saturated rings. The number of aliphatic imine (C=N–C) groups is 1. The first kappa shape index (κ1) is 23.9. The minimum absolute atomic E-state index is 0. The Kier molecular flexibility index (Phi) is 9.35. The summed E-state index contributed by atoms with van der Waals surface area (Å²) >= 11 is 0. The van der Waals surface area contributed by atoms with Crippen LogP contribution in [0.15, 0.2) is 47.6 Å². The van der Waals surface area contributed by atoms with Crippen LogP contribution in [0.2, 0.25) is 0 Å². The maximum absolute atomic E-state index is 4.72. The van der Waals surface area contributed by atoms with Crippen molar-refractivity contribution in [3.8, 4) is 0 Å². The number of benzene rings is 1. The number of hydrogen-bond donors (Lipinski definition) is 2. The monoisotopic (exact) mass is 521 g/mol. The van der Waals surface area contributed by atoms with Crippen LogP contribution >= 0.6 is 24.0 Å². The van der Waals surface area contributed by atoms with Crippen molar-refractivity contribution in [1.29, 1.82) is 0 Å². The molecule has 3 aromatic rings. The van der Waals surface area contributed by atoms with E-state index >= 15 is 0 Å². The molecule has 0 saturated heterocycles. The molecule has 7 nitrogen and oxygen atoms in total. The lowest BCUT2D eigenvalue weighted by atomic mass is 10.2. The maximum atomic E-state index is 4.72. The van der Waals surface area contributed by atoms with Gasteiger partial charge in [0, 0.05) is 39.9 Å². The van der Waals surface area contributed by atoms with Crippen molar-refractivity contribution in [2.24, 2.45) is 4.99 Å². The first-order valence-electron chi connectivity index (χ1n) is 10.1. The number of guanidine groups is 1. The van der Waals surface area contributed by atoms with Crippen LogP contribution in [0.4, 0.5) is 5.82 Å². The van der Waals surface area contributed by atoms with E-state index < -0.39 is 0 Å². The number of imidazole rings is 1. The highest BCUT2D eigenvalue weighted by atomic mass is 127. The van der Waals surface area contributed by atoms with E-state index in [4.69, 9.17) is 4.99 Å². The predicted molar refractivity (Wildman–Crippen MR) is 136 cm³/mol. The van der Waals surface area contributed by atoms with Crippen LogP contribution in [0.3, 0.4) is 0 Å². The third-order valence-corrected chi connectivity index (χ3v) is 4.73. The molecule has 2 aromatic heterocycles. The number of anilines is 1. The summed E-state index contributed by atoms with van der Waals surface area (Å²) in [4.78, 5) is 15.7. The highest BCUT2D eigenvalue weighted by Gasteiger charge is 2.06. The largest absolute Gasteiger partial charge is 0.363 e. The number of hydrogen-bond acceptors (Lipinski definition) is 4. The molecule has 0 atom stereocenters. The van der Waals surface area contributed by atoms with Gasteiger partial charge in [0.05, 0.1) is 17.6 Å². The Balaban J connectivity index is 0.00000320. The third kappa shape index (κ3) is 6.32. The molecule has 0 bridgehead atoms. The molecular formula is C22H32IN7. The fourth-order valence-electron chi connectivity index (χ4n) is 3.24. The van der Waals surface area contributed by atoms with Crippen LogP contribution < -0.4 is 15.5 Å². The van der Waals surface area contributed by atoms with Crippen molar-refractivity contribution in [2.75, 3.05) is 32.1 Å². The quantitative estimate of drug-likeness (QED) is 0.205. The number of aryl methyl sites for hydroxylation is 2. The fourth-order valence-corrected chi connectivity index (χ4v) is 3.24. The number of rotatable bonds is 8. The molecule has 0 amide bonds. The van der Waals surface area contributed by atoms with Gasteiger partial charge < -0.3 is 20.1 Å². The summed E-state index contributed by atoms with van der Waals surface area (Å²) in [7, 11) is 3.98. The summed E-state index contributed by atoms with van der Waals surface area (Å²) in [5.74, 6) is 2.84. The number of nitrogens with one attached hydrogen (secondary N) is 2. The van der Waals surface area contributed by atoms with Crippen molar-refractivity contribution >= 4 is 46.8 Å². The summed E-state index contributed by atoms with van der Waals surface area (Å²) < 4.78 is 2.28. The van der Waals surface area contributed by atoms with E-state index in [1.807, 2.05) is 37.3 Å². The first-order valence-corrected chi connectivity index (χ1v) is 10.1. The summed E-state index contributed by atoms with van der Waals surface area (Å²) in [6, 6.07) is 12.4. The zero-order valence-electron chi connectivity index (χ0n) is 18.2. The van der Waals surface area contributed by atoms with Gasteiger partial charge >= 0.3 is 0 Å². The Morgan fingerprint density at radius 2 is 1.97 bits per heavy atom. The van der Waals surface area contributed by atoms with Gasteiger partial charge in [-0.15, -0.1) is 24.0 Å². The van der Waals surface area contributed by atoms with E-state index in [9.17, 15) is 0 Å². The Morgan fingerprint density at radius 1 is 1.17 bits per heavy atom. The summed E-state index contributed by atoms with van der Waals surface area (Å²) in [5.41, 5.74) is 3.39. The Hall–Kier alpha value is -2.36. The standard InChI is InChI=1S/C22H31N7.HI/c1-5-23-22(26-16-18-11-13-24-21(15-18)28(3)4)25-12-8-14-29-17(2)27-19-9-6-7-10-20(19)29;/h6-7,9-11,13,15H,5,8,12,14,16H2,1-4H3,(H2,23,25,26);1H. The fraction of sp³-hybridized carbons (Fsp3) is 0.409. The molecule has 1 aromatic carbocycles. The first-order chi connectivity index (χ1) is 14.1. The highest BCUT2D eigenvalue weighted by molar-refractivity contribution is 14.0. The molecule has 0 radical (unpaired) electrons. The second kappa shape index (κ2) is 11.7. The smallest absolute Gasteiger partial charge is 0.191 e. The van der Waals surface area contributed by atoms with Crippen LogP contribution in [0.5, 0.6) is 0 Å². The molecule has 0 aliphatic heterocycles. The molecule has 8 heteroatoms. The summed E-state index contributed by atoms with van der Waals surface area (Å²) in [5, 5.41) is 6.76. The molecule has 2 N–H and O–H groups in total. The average molecular weight is 521 g/mol. The SMILES string of the molecule is CCNC(=NCc1ccnc(N(C)C)c1)NCCCn1c(C)nc2ccccc21.I. The van der Waals surface area contributed by atoms with Crippen LogP contribution in [-0.4, -0.2) is 47.7 Å². The van der Waals surface area contributed by atoms with Gasteiger partial charge in [-0.3, -0.25) is 0 Å². The summed E-state index contributed by atoms with van der Waals surface area (Å²) in [6.07, 6.45) is 2.82. The molecular weight excluding hydrogens is 489 g/mol. The predicted octanol–water partition coefficient (Wildman–Crippen LogP) is 3.57. The van der Waals surface area contributed by atoms with Crippen molar-refractivity contribution in [3.05, 3.63) is 54.0 Å². The lowest BCUT2D eigenvalue weighted by Gasteiger charge is -2.13. The Bertz CT molecular complexity index is 965. The third-order valence-electron chi connectivity index (χ3n) is 4.73. The molecule has 162 valence electrons. The van der Waals surface area contributed by atoms with Gasteiger partial charge in [0.1, 0.15) is 11.6 Å². The van der Waals surface area contributed by atoms with E-state index in [0.29, 0.717) is 6.54 Å². The number of aromatic nitrogens is 3. The normalized spacial score (nSPS) is 11.3. The minimum Gasteiger partial charge on any atom is -0.363 e. The van der Waals surface area contributed by atoms with E-state index in [-0.39, 0.29) is 24.0 Å². The van der Waals surface area contributed by atoms with Crippen LogP contribution in [0.25, 0.3) is 11.0 Å². The number of halogens is 1. The zero-order valence-corrected chi connectivity index (χ0v) is 20.6. The summed E-state index contributed by atoms with van der Waals surface area (Å²) in [6.45, 7) is 7.36. The number of nitrogens with zero attached hydrogens (tertiary/aromatic N) is 5. The molecule has 0 aliphatic rings. The second-order valence-electron chi connectivity index (χ2n) is 7.19. The van der Waals surface area contributed by atoms with Crippen molar-refractivity contribution in [2.45, 2.75) is 33.4 Å². The average Bonchev–Trinajstić information content (AvgIpc) is 3.04. The molecule has 0 saturated carbocycles. The van der Waals surface area contributed by atoms with Gasteiger partial charge in [0.2, 0.25) is 0 Å². The Labute approximate surface area is 196 Å². The number of para-hydroxylation sites is 2. The zero-order chi connectivity index (χ0) is 20.6. The second-order valence-corrected chi connectivity index (χ2v) is 7.19. The van der Waals surface area contributed by atoms with Crippen LogP contribution in [0, 0.1) is 6.92 Å². The highest BCUT2D eigenvalue weighted by Crippen LogP contribution is 2.15. The van der Waals surface area contributed by atoms with Gasteiger partial charge in [-0.05, 0) is 50.1 Å². The van der Waals surface area contributed by atoms with Crippen molar-refractivity contribution in [3.63, 3.8) is 0 Å². The number of pyridine rings is 1. The maximum Gasteiger partial charge on any atom is 0.191 e. The van der Waals surface area contributed by atoms with Gasteiger partial charge in [-0.25, -0.2) is 15.0 Å². The van der Waals surface area contributed by atoms with E-state index in [2.05, 4.69) is 63.3 Å². The number of fused-ring (bicyclic) bond motifs is 1. The molecule has 0 aliphatic carbocycles. The molecule has 0 unspecified atom stereocenters. The lowest BCUT2D eigenvalue weighted by molar-refractivity contribution is 0.624. The lowest BCUT2D eigenvalue weighted by Crippen LogP contribution is -2.38. The van der Waals surface area contributed by atoms with E-state index in [1.165, 1.54) is 5.52 Å². The van der Waals surface area contributed by atoms with Crippen molar-refractivity contribution < 1.29 is 0 Å². The molecule has 0 spiro atoms. The molecule has 30 heavy (non-hydrogen) atoms. The molecule has 3 rings (SSSR count). The van der Waals surface area contributed by atoms with Crippen LogP contribution in [0.1, 0.15) is 24.7 Å². The van der Waals surface area contributed by atoms with E-state index in [0.717, 1.165) is 54.7 Å². The Morgan fingerprint density at radius 3 is 2.73 bits per heavy atom. The van der Waals surface area contributed by atoms with E-state index in [1.54, 1.807) is 0 Å². The van der Waals surface area contributed by atoms with Gasteiger partial charge in [-0.2, -0.15) is 0 Å². The van der Waals surface area contributed by atoms with Gasteiger partial charge in [-0.1, -0.05) is 12.1 Å². The van der Waals surface area contributed by atoms with Gasteiger partial charge in [0.25, 0.3) is 0 Å². The van der Waals surface area contributed by atoms with Gasteiger partial charge in [0.15, 0.2) is 5.96 Å².